The summed E-state index contributed by atoms with van der Waals surface area (Å²) < 4.78 is 12.2. The summed E-state index contributed by atoms with van der Waals surface area (Å²) in [7, 11) is 0. The summed E-state index contributed by atoms with van der Waals surface area (Å²) in [5.74, 6) is -1.18. The molecule has 0 saturated heterocycles. The van der Waals surface area contributed by atoms with E-state index in [-0.39, 0.29) is 18.7 Å². The van der Waals surface area contributed by atoms with E-state index in [4.69, 9.17) is 9.47 Å². The zero-order valence-electron chi connectivity index (χ0n) is 23.4. The van der Waals surface area contributed by atoms with Crippen LogP contribution in [-0.4, -0.2) is 35.0 Å². The smallest absolute Gasteiger partial charge is 0.326 e. The van der Waals surface area contributed by atoms with Gasteiger partial charge in [-0.15, -0.1) is 0 Å². The molecule has 4 rings (SSSR count). The van der Waals surface area contributed by atoms with Gasteiger partial charge in [-0.05, 0) is 34.4 Å². The Hall–Kier alpha value is -5.11. The number of carbonyl (C=O) groups excluding carboxylic acids is 2. The molecule has 0 saturated carbocycles. The van der Waals surface area contributed by atoms with E-state index in [0.29, 0.717) is 30.3 Å². The van der Waals surface area contributed by atoms with Crippen molar-refractivity contribution >= 4 is 17.8 Å². The normalized spacial score (nSPS) is 12.0. The fourth-order valence-corrected chi connectivity index (χ4v) is 4.39. The van der Waals surface area contributed by atoms with Gasteiger partial charge in [0.05, 0.1) is 0 Å². The highest BCUT2D eigenvalue weighted by molar-refractivity contribution is 5.90. The van der Waals surface area contributed by atoms with Gasteiger partial charge >= 0.3 is 5.97 Å². The first-order valence-corrected chi connectivity index (χ1v) is 13.7. The van der Waals surface area contributed by atoms with Crippen LogP contribution in [0, 0.1) is 0 Å². The van der Waals surface area contributed by atoms with Crippen molar-refractivity contribution in [2.75, 3.05) is 0 Å². The van der Waals surface area contributed by atoms with Gasteiger partial charge in [0.15, 0.2) is 11.5 Å². The van der Waals surface area contributed by atoms with E-state index in [1.165, 1.54) is 6.92 Å². The van der Waals surface area contributed by atoms with Gasteiger partial charge in [0.2, 0.25) is 11.8 Å². The first-order chi connectivity index (χ1) is 20.4. The molecule has 8 nitrogen and oxygen atoms in total. The summed E-state index contributed by atoms with van der Waals surface area (Å²) in [5, 5.41) is 15.2. The molecule has 0 aliphatic rings. The minimum atomic E-state index is -1.23. The lowest BCUT2D eigenvalue weighted by molar-refractivity contribution is -0.142. The predicted octanol–water partition coefficient (Wildman–Crippen LogP) is 4.70. The number of hydrogen-bond acceptors (Lipinski definition) is 5. The Bertz CT molecular complexity index is 1460. The number of benzene rings is 4. The third-order valence-electron chi connectivity index (χ3n) is 6.51. The van der Waals surface area contributed by atoms with Crippen LogP contribution in [0.3, 0.4) is 0 Å². The molecule has 216 valence electrons. The fraction of sp³-hybridized carbons (Fsp3) is 0.206. The van der Waals surface area contributed by atoms with Gasteiger partial charge in [-0.25, -0.2) is 4.79 Å². The number of nitrogens with one attached hydrogen (secondary N) is 2. The van der Waals surface area contributed by atoms with Crippen LogP contribution >= 0.6 is 0 Å². The maximum Gasteiger partial charge on any atom is 0.326 e. The third-order valence-corrected chi connectivity index (χ3v) is 6.51. The molecule has 2 atom stereocenters. The second-order valence-corrected chi connectivity index (χ2v) is 9.88. The standard InChI is InChI=1S/C34H34N2O6/c1-24(37)35-29(19-25-11-5-2-6-12-25)33(38)36-30(34(39)40)20-28-17-18-31(41-22-26-13-7-3-8-14-26)32(21-28)42-23-27-15-9-4-10-16-27/h2-18,21,29-30H,19-20,22-23H2,1H3,(H,35,37)(H,36,38)(H,39,40)/t29-,30+/m0/s1. The maximum absolute atomic E-state index is 13.2. The first-order valence-electron chi connectivity index (χ1n) is 13.7. The maximum atomic E-state index is 13.2. The highest BCUT2D eigenvalue weighted by Crippen LogP contribution is 2.30. The first kappa shape index (κ1) is 29.9. The monoisotopic (exact) mass is 566 g/mol. The van der Waals surface area contributed by atoms with Crippen molar-refractivity contribution < 1.29 is 29.0 Å². The molecular formula is C34H34N2O6. The van der Waals surface area contributed by atoms with Crippen molar-refractivity contribution in [2.45, 2.75) is 45.1 Å². The summed E-state index contributed by atoms with van der Waals surface area (Å²) in [6.07, 6.45) is 0.226. The van der Waals surface area contributed by atoms with E-state index >= 15 is 0 Å². The molecule has 0 spiro atoms. The number of ether oxygens (including phenoxy) is 2. The molecule has 0 aliphatic heterocycles. The van der Waals surface area contributed by atoms with Crippen molar-refractivity contribution in [3.8, 4) is 11.5 Å². The van der Waals surface area contributed by atoms with Crippen molar-refractivity contribution in [3.63, 3.8) is 0 Å². The fourth-order valence-electron chi connectivity index (χ4n) is 4.39. The summed E-state index contributed by atoms with van der Waals surface area (Å²) in [6, 6.07) is 31.7. The number of hydrogen-bond donors (Lipinski definition) is 3. The average molecular weight is 567 g/mol. The Morgan fingerprint density at radius 1 is 0.619 bits per heavy atom. The number of carbonyl (C=O) groups is 3. The summed E-state index contributed by atoms with van der Waals surface area (Å²) in [4.78, 5) is 37.2. The number of aliphatic carboxylic acids is 1. The zero-order valence-corrected chi connectivity index (χ0v) is 23.4. The van der Waals surface area contributed by atoms with Crippen LogP contribution in [0.25, 0.3) is 0 Å². The van der Waals surface area contributed by atoms with E-state index < -0.39 is 24.0 Å². The van der Waals surface area contributed by atoms with Crippen LogP contribution in [0.5, 0.6) is 11.5 Å². The van der Waals surface area contributed by atoms with Crippen molar-refractivity contribution in [3.05, 3.63) is 131 Å². The number of amides is 2. The van der Waals surface area contributed by atoms with Gasteiger partial charge < -0.3 is 25.2 Å². The molecule has 2 amide bonds. The molecule has 0 radical (unpaired) electrons. The van der Waals surface area contributed by atoms with Gasteiger partial charge in [0, 0.05) is 19.8 Å². The van der Waals surface area contributed by atoms with Gasteiger partial charge in [-0.3, -0.25) is 9.59 Å². The molecule has 42 heavy (non-hydrogen) atoms. The molecule has 0 heterocycles. The quantitative estimate of drug-likeness (QED) is 0.204. The average Bonchev–Trinajstić information content (AvgIpc) is 3.00. The minimum absolute atomic E-state index is 0.000135. The highest BCUT2D eigenvalue weighted by atomic mass is 16.5. The molecule has 8 heteroatoms. The minimum Gasteiger partial charge on any atom is -0.485 e. The van der Waals surface area contributed by atoms with Crippen LogP contribution in [0.15, 0.2) is 109 Å². The molecule has 0 bridgehead atoms. The molecular weight excluding hydrogens is 532 g/mol. The Morgan fingerprint density at radius 2 is 1.12 bits per heavy atom. The molecule has 3 N–H and O–H groups in total. The predicted molar refractivity (Wildman–Crippen MR) is 159 cm³/mol. The number of carboxylic acids is 1. The van der Waals surface area contributed by atoms with Crippen LogP contribution in [0.1, 0.15) is 29.2 Å². The molecule has 4 aromatic rings. The Balaban J connectivity index is 1.50. The Morgan fingerprint density at radius 3 is 1.64 bits per heavy atom. The van der Waals surface area contributed by atoms with E-state index in [0.717, 1.165) is 16.7 Å². The van der Waals surface area contributed by atoms with Crippen molar-refractivity contribution in [1.29, 1.82) is 0 Å². The second-order valence-electron chi connectivity index (χ2n) is 9.88. The van der Waals surface area contributed by atoms with E-state index in [1.807, 2.05) is 91.0 Å². The third kappa shape index (κ3) is 9.23. The largest absolute Gasteiger partial charge is 0.485 e. The van der Waals surface area contributed by atoms with Crippen LogP contribution in [-0.2, 0) is 40.4 Å². The van der Waals surface area contributed by atoms with Gasteiger partial charge in [0.25, 0.3) is 0 Å². The molecule has 0 unspecified atom stereocenters. The molecule has 0 fully saturated rings. The van der Waals surface area contributed by atoms with Crippen LogP contribution in [0.2, 0.25) is 0 Å². The second kappa shape index (κ2) is 15.0. The topological polar surface area (TPSA) is 114 Å². The Labute approximate surface area is 245 Å². The van der Waals surface area contributed by atoms with E-state index in [1.54, 1.807) is 18.2 Å². The molecule has 0 aliphatic carbocycles. The zero-order chi connectivity index (χ0) is 29.7. The van der Waals surface area contributed by atoms with Crippen LogP contribution in [0.4, 0.5) is 0 Å². The number of rotatable bonds is 14. The SMILES string of the molecule is CC(=O)N[C@@H](Cc1ccccc1)C(=O)N[C@H](Cc1ccc(OCc2ccccc2)c(OCc2ccccc2)c1)C(=O)O. The van der Waals surface area contributed by atoms with E-state index in [9.17, 15) is 19.5 Å². The molecule has 4 aromatic carbocycles. The van der Waals surface area contributed by atoms with Crippen molar-refractivity contribution in [1.82, 2.24) is 10.6 Å². The van der Waals surface area contributed by atoms with Crippen LogP contribution < -0.4 is 20.1 Å². The Kier molecular flexibility index (Phi) is 10.7. The lowest BCUT2D eigenvalue weighted by Crippen LogP contribution is -2.52. The summed E-state index contributed by atoms with van der Waals surface area (Å²) in [5.41, 5.74) is 3.44. The van der Waals surface area contributed by atoms with E-state index in [2.05, 4.69) is 10.6 Å². The highest BCUT2D eigenvalue weighted by Gasteiger charge is 2.27. The van der Waals surface area contributed by atoms with Gasteiger partial charge in [-0.2, -0.15) is 0 Å². The lowest BCUT2D eigenvalue weighted by Gasteiger charge is -2.22. The summed E-state index contributed by atoms with van der Waals surface area (Å²) in [6.45, 7) is 1.95. The molecule has 0 aromatic heterocycles. The van der Waals surface area contributed by atoms with Crippen molar-refractivity contribution in [2.24, 2.45) is 0 Å². The van der Waals surface area contributed by atoms with Gasteiger partial charge in [-0.1, -0.05) is 97.1 Å². The number of carboxylic acid groups (broad SMARTS) is 1. The lowest BCUT2D eigenvalue weighted by atomic mass is 10.0. The van der Waals surface area contributed by atoms with Gasteiger partial charge in [0.1, 0.15) is 25.3 Å². The summed E-state index contributed by atoms with van der Waals surface area (Å²) >= 11 is 0.